The predicted octanol–water partition coefficient (Wildman–Crippen LogP) is 3.25. The Kier molecular flexibility index (Phi) is 6.70. The van der Waals surface area contributed by atoms with Gasteiger partial charge in [-0.2, -0.15) is 9.97 Å². The highest BCUT2D eigenvalue weighted by Crippen LogP contribution is 2.27. The fourth-order valence-corrected chi connectivity index (χ4v) is 3.73. The molecule has 8 heteroatoms. The van der Waals surface area contributed by atoms with Crippen LogP contribution < -0.4 is 21.9 Å². The maximum atomic E-state index is 9.41. The predicted molar refractivity (Wildman–Crippen MR) is 133 cm³/mol. The molecule has 1 heterocycles. The molecule has 0 fully saturated rings. The number of aromatic nitrogens is 2. The third-order valence-electron chi connectivity index (χ3n) is 5.43. The number of nitrogen functional groups attached to an aromatic ring is 3. The van der Waals surface area contributed by atoms with Crippen LogP contribution in [0.15, 0.2) is 72.8 Å². The number of hydrogen-bond acceptors (Lipinski definition) is 7. The average molecular weight is 455 g/mol. The fraction of sp³-hybridized carbons (Fsp3) is 0.115. The van der Waals surface area contributed by atoms with Gasteiger partial charge >= 0.3 is 0 Å². The van der Waals surface area contributed by atoms with Gasteiger partial charge in [-0.1, -0.05) is 72.8 Å². The molecule has 3 aromatic carbocycles. The second kappa shape index (κ2) is 10.0. The lowest BCUT2D eigenvalue weighted by atomic mass is 9.98. The van der Waals surface area contributed by atoms with Crippen molar-refractivity contribution in [3.8, 4) is 17.0 Å². The summed E-state index contributed by atoms with van der Waals surface area (Å²) in [5, 5.41) is 17.2. The van der Waals surface area contributed by atoms with E-state index >= 15 is 0 Å². The molecule has 34 heavy (non-hydrogen) atoms. The third kappa shape index (κ3) is 5.13. The SMILES string of the molecule is N=C(N)c1ccccc1-c1ccc(COc2nc(N)nc(N)c2Cc2cccc(CO)c2)cc1. The van der Waals surface area contributed by atoms with Crippen LogP contribution in [0.25, 0.3) is 11.1 Å². The molecule has 0 saturated heterocycles. The van der Waals surface area contributed by atoms with Gasteiger partial charge in [-0.3, -0.25) is 5.41 Å². The summed E-state index contributed by atoms with van der Waals surface area (Å²) in [5.74, 6) is 0.647. The highest BCUT2D eigenvalue weighted by Gasteiger charge is 2.15. The summed E-state index contributed by atoms with van der Waals surface area (Å²) in [6.07, 6.45) is 0.441. The number of ether oxygens (including phenoxy) is 1. The fourth-order valence-electron chi connectivity index (χ4n) is 3.73. The first kappa shape index (κ1) is 22.8. The first-order valence-corrected chi connectivity index (χ1v) is 10.7. The van der Waals surface area contributed by atoms with E-state index in [2.05, 4.69) is 9.97 Å². The Bertz CT molecular complexity index is 1320. The lowest BCUT2D eigenvalue weighted by Gasteiger charge is -2.14. The number of amidine groups is 1. The van der Waals surface area contributed by atoms with Gasteiger partial charge in [0.25, 0.3) is 0 Å². The molecule has 4 rings (SSSR count). The minimum Gasteiger partial charge on any atom is -0.472 e. The van der Waals surface area contributed by atoms with Crippen LogP contribution in [0.3, 0.4) is 0 Å². The van der Waals surface area contributed by atoms with E-state index in [1.807, 2.05) is 72.8 Å². The number of nitrogens with one attached hydrogen (secondary N) is 1. The summed E-state index contributed by atoms with van der Waals surface area (Å²) in [5.41, 5.74) is 23.5. The zero-order valence-electron chi connectivity index (χ0n) is 18.5. The normalized spacial score (nSPS) is 10.7. The summed E-state index contributed by atoms with van der Waals surface area (Å²) in [7, 11) is 0. The first-order chi connectivity index (χ1) is 16.4. The van der Waals surface area contributed by atoms with Crippen molar-refractivity contribution in [3.05, 3.63) is 101 Å². The lowest BCUT2D eigenvalue weighted by molar-refractivity contribution is 0.281. The molecule has 0 atom stereocenters. The average Bonchev–Trinajstić information content (AvgIpc) is 2.85. The zero-order valence-corrected chi connectivity index (χ0v) is 18.5. The van der Waals surface area contributed by atoms with E-state index < -0.39 is 0 Å². The van der Waals surface area contributed by atoms with E-state index in [0.717, 1.165) is 27.8 Å². The second-order valence-electron chi connectivity index (χ2n) is 7.85. The van der Waals surface area contributed by atoms with Gasteiger partial charge in [0.05, 0.1) is 12.2 Å². The van der Waals surface area contributed by atoms with Crippen molar-refractivity contribution >= 4 is 17.6 Å². The summed E-state index contributed by atoms with van der Waals surface area (Å²) < 4.78 is 6.01. The van der Waals surface area contributed by atoms with Gasteiger partial charge < -0.3 is 27.0 Å². The Morgan fingerprint density at radius 2 is 1.62 bits per heavy atom. The van der Waals surface area contributed by atoms with Crippen molar-refractivity contribution in [2.75, 3.05) is 11.5 Å². The molecular weight excluding hydrogens is 428 g/mol. The summed E-state index contributed by atoms with van der Waals surface area (Å²) >= 11 is 0. The molecule has 1 aromatic heterocycles. The molecule has 8 N–H and O–H groups in total. The van der Waals surface area contributed by atoms with Gasteiger partial charge in [0, 0.05) is 12.0 Å². The number of anilines is 2. The van der Waals surface area contributed by atoms with Crippen LogP contribution in [-0.4, -0.2) is 20.9 Å². The molecule has 0 aliphatic rings. The monoisotopic (exact) mass is 454 g/mol. The van der Waals surface area contributed by atoms with E-state index in [1.165, 1.54) is 0 Å². The number of benzene rings is 3. The summed E-state index contributed by atoms with van der Waals surface area (Å²) in [4.78, 5) is 8.34. The van der Waals surface area contributed by atoms with Crippen molar-refractivity contribution in [1.82, 2.24) is 9.97 Å². The van der Waals surface area contributed by atoms with E-state index in [9.17, 15) is 5.11 Å². The van der Waals surface area contributed by atoms with Gasteiger partial charge in [-0.05, 0) is 27.8 Å². The Hall–Kier alpha value is -4.43. The van der Waals surface area contributed by atoms with Crippen molar-refractivity contribution in [1.29, 1.82) is 5.41 Å². The Labute approximate surface area is 197 Å². The molecule has 0 amide bonds. The summed E-state index contributed by atoms with van der Waals surface area (Å²) in [6.45, 7) is 0.214. The highest BCUT2D eigenvalue weighted by molar-refractivity contribution is 6.01. The van der Waals surface area contributed by atoms with E-state index in [-0.39, 0.29) is 30.8 Å². The third-order valence-corrected chi connectivity index (χ3v) is 5.43. The maximum absolute atomic E-state index is 9.41. The van der Waals surface area contributed by atoms with Gasteiger partial charge in [-0.15, -0.1) is 0 Å². The van der Waals surface area contributed by atoms with Crippen molar-refractivity contribution < 1.29 is 9.84 Å². The van der Waals surface area contributed by atoms with Crippen LogP contribution in [0.1, 0.15) is 27.8 Å². The smallest absolute Gasteiger partial charge is 0.225 e. The molecule has 0 bridgehead atoms. The van der Waals surface area contributed by atoms with Crippen LogP contribution in [0.5, 0.6) is 5.88 Å². The van der Waals surface area contributed by atoms with Gasteiger partial charge in [-0.25, -0.2) is 0 Å². The molecule has 0 unspecified atom stereocenters. The van der Waals surface area contributed by atoms with Gasteiger partial charge in [0.1, 0.15) is 18.3 Å². The van der Waals surface area contributed by atoms with Crippen LogP contribution in [0.4, 0.5) is 11.8 Å². The number of nitrogens with two attached hydrogens (primary N) is 3. The quantitative estimate of drug-likeness (QED) is 0.202. The van der Waals surface area contributed by atoms with Crippen molar-refractivity contribution in [3.63, 3.8) is 0 Å². The number of aliphatic hydroxyl groups excluding tert-OH is 1. The molecule has 8 nitrogen and oxygen atoms in total. The molecule has 172 valence electrons. The van der Waals surface area contributed by atoms with Crippen molar-refractivity contribution in [2.45, 2.75) is 19.6 Å². The van der Waals surface area contributed by atoms with E-state index in [0.29, 0.717) is 23.4 Å². The number of aliphatic hydroxyl groups is 1. The number of rotatable bonds is 8. The Morgan fingerprint density at radius 1 is 0.882 bits per heavy atom. The lowest BCUT2D eigenvalue weighted by Crippen LogP contribution is -2.12. The standard InChI is InChI=1S/C26H26N6O2/c27-23(28)21-7-2-1-6-20(21)19-10-8-16(9-11-19)15-34-25-22(24(29)31-26(30)32-25)13-17-4-3-5-18(12-17)14-33/h1-12,33H,13-15H2,(H3,27,28)(H4,29,30,31,32). The molecule has 0 saturated carbocycles. The number of nitrogens with zero attached hydrogens (tertiary/aromatic N) is 2. The van der Waals surface area contributed by atoms with Crippen LogP contribution in [0, 0.1) is 5.41 Å². The Balaban J connectivity index is 1.54. The van der Waals surface area contributed by atoms with E-state index in [1.54, 1.807) is 0 Å². The zero-order chi connectivity index (χ0) is 24.1. The van der Waals surface area contributed by atoms with Crippen LogP contribution in [-0.2, 0) is 19.6 Å². The first-order valence-electron chi connectivity index (χ1n) is 10.7. The van der Waals surface area contributed by atoms with Crippen molar-refractivity contribution in [2.24, 2.45) is 5.73 Å². The molecular formula is C26H26N6O2. The minimum absolute atomic E-state index is 0.0269. The summed E-state index contributed by atoms with van der Waals surface area (Å²) in [6, 6.07) is 22.9. The molecule has 0 radical (unpaired) electrons. The second-order valence-corrected chi connectivity index (χ2v) is 7.85. The van der Waals surface area contributed by atoms with Gasteiger partial charge in [0.15, 0.2) is 0 Å². The maximum Gasteiger partial charge on any atom is 0.225 e. The van der Waals surface area contributed by atoms with Crippen LogP contribution >= 0.6 is 0 Å². The van der Waals surface area contributed by atoms with Gasteiger partial charge in [0.2, 0.25) is 11.8 Å². The topological polar surface area (TPSA) is 157 Å². The largest absolute Gasteiger partial charge is 0.472 e. The Morgan fingerprint density at radius 3 is 2.35 bits per heavy atom. The van der Waals surface area contributed by atoms with Crippen LogP contribution in [0.2, 0.25) is 0 Å². The molecule has 4 aromatic rings. The molecule has 0 aliphatic heterocycles. The molecule has 0 aliphatic carbocycles. The minimum atomic E-state index is -0.0438. The highest BCUT2D eigenvalue weighted by atomic mass is 16.5. The number of hydrogen-bond donors (Lipinski definition) is 5. The molecule has 0 spiro atoms. The van der Waals surface area contributed by atoms with E-state index in [4.69, 9.17) is 27.3 Å².